The van der Waals surface area contributed by atoms with Crippen molar-refractivity contribution < 1.29 is 19.1 Å². The third-order valence-electron chi connectivity index (χ3n) is 4.55. The second-order valence-corrected chi connectivity index (χ2v) is 7.34. The van der Waals surface area contributed by atoms with Crippen molar-refractivity contribution in [3.05, 3.63) is 70.1 Å². The molecule has 0 bridgehead atoms. The zero-order chi connectivity index (χ0) is 22.8. The minimum absolute atomic E-state index is 0.176. The smallest absolute Gasteiger partial charge is 0.337 e. The number of carbonyl (C=O) groups excluding carboxylic acids is 2. The van der Waals surface area contributed by atoms with E-state index in [-0.39, 0.29) is 11.1 Å². The van der Waals surface area contributed by atoms with Gasteiger partial charge in [0.2, 0.25) is 0 Å². The van der Waals surface area contributed by atoms with E-state index in [2.05, 4.69) is 20.4 Å². The van der Waals surface area contributed by atoms with E-state index in [1.807, 2.05) is 0 Å². The molecule has 0 aliphatic heterocycles. The molecule has 0 aliphatic rings. The lowest BCUT2D eigenvalue weighted by atomic mass is 10.1. The Hall–Kier alpha value is -3.69. The summed E-state index contributed by atoms with van der Waals surface area (Å²) in [5, 5.41) is 8.89. The number of benzene rings is 2. The minimum atomic E-state index is -0.598. The van der Waals surface area contributed by atoms with Crippen LogP contribution < -0.4 is 5.32 Å². The Labute approximate surface area is 191 Å². The number of rotatable bonds is 5. The largest absolute Gasteiger partial charge is 0.465 e. The molecule has 4 aromatic rings. The number of nitrogens with zero attached hydrogens (tertiary/aromatic N) is 4. The summed E-state index contributed by atoms with van der Waals surface area (Å²) in [6.45, 7) is 0. The molecule has 0 saturated heterocycles. The molecule has 0 radical (unpaired) electrons. The van der Waals surface area contributed by atoms with Gasteiger partial charge in [0.15, 0.2) is 5.65 Å². The molecular formula is C21H15Cl2N5O4. The van der Waals surface area contributed by atoms with Gasteiger partial charge < -0.3 is 14.8 Å². The Balaban J connectivity index is 1.77. The van der Waals surface area contributed by atoms with Crippen LogP contribution in [0.4, 0.5) is 11.5 Å². The van der Waals surface area contributed by atoms with Crippen molar-refractivity contribution in [3.8, 4) is 5.69 Å². The fourth-order valence-corrected chi connectivity index (χ4v) is 3.35. The molecule has 0 aliphatic carbocycles. The lowest BCUT2D eigenvalue weighted by Gasteiger charge is -2.10. The molecule has 2 aromatic heterocycles. The minimum Gasteiger partial charge on any atom is -0.465 e. The van der Waals surface area contributed by atoms with Crippen molar-refractivity contribution in [3.63, 3.8) is 0 Å². The number of ether oxygens (including phenoxy) is 2. The first kappa shape index (κ1) is 21.5. The lowest BCUT2D eigenvalue weighted by Crippen LogP contribution is -2.08. The first-order valence-corrected chi connectivity index (χ1v) is 9.89. The molecular weight excluding hydrogens is 457 g/mol. The average molecular weight is 472 g/mol. The van der Waals surface area contributed by atoms with Crippen LogP contribution in [0.1, 0.15) is 20.7 Å². The molecule has 162 valence electrons. The molecule has 9 nitrogen and oxygen atoms in total. The normalized spacial score (nSPS) is 10.8. The van der Waals surface area contributed by atoms with E-state index in [9.17, 15) is 9.59 Å². The summed E-state index contributed by atoms with van der Waals surface area (Å²) in [5.74, 6) is -0.780. The van der Waals surface area contributed by atoms with Crippen molar-refractivity contribution in [1.29, 1.82) is 0 Å². The van der Waals surface area contributed by atoms with Crippen LogP contribution in [0.25, 0.3) is 16.7 Å². The molecule has 2 aromatic carbocycles. The van der Waals surface area contributed by atoms with Crippen LogP contribution in [0.15, 0.2) is 48.9 Å². The molecule has 32 heavy (non-hydrogen) atoms. The fraction of sp³-hybridized carbons (Fsp3) is 0.0952. The van der Waals surface area contributed by atoms with E-state index in [4.69, 9.17) is 32.7 Å². The van der Waals surface area contributed by atoms with E-state index in [0.717, 1.165) is 0 Å². The van der Waals surface area contributed by atoms with Gasteiger partial charge in [-0.25, -0.2) is 24.2 Å². The van der Waals surface area contributed by atoms with Gasteiger partial charge in [-0.1, -0.05) is 23.2 Å². The molecule has 2 heterocycles. The van der Waals surface area contributed by atoms with E-state index < -0.39 is 11.9 Å². The molecule has 0 saturated carbocycles. The zero-order valence-corrected chi connectivity index (χ0v) is 18.3. The first-order valence-electron chi connectivity index (χ1n) is 9.14. The number of carbonyl (C=O) groups is 2. The number of hydrogen-bond acceptors (Lipinski definition) is 8. The van der Waals surface area contributed by atoms with Crippen LogP contribution in [-0.4, -0.2) is 45.9 Å². The predicted octanol–water partition coefficient (Wildman–Crippen LogP) is 4.44. The first-order chi connectivity index (χ1) is 15.4. The highest BCUT2D eigenvalue weighted by Crippen LogP contribution is 2.29. The van der Waals surface area contributed by atoms with E-state index >= 15 is 0 Å². The third kappa shape index (κ3) is 4.08. The molecule has 1 N–H and O–H groups in total. The summed E-state index contributed by atoms with van der Waals surface area (Å²) >= 11 is 12.1. The van der Waals surface area contributed by atoms with Crippen molar-refractivity contribution in [1.82, 2.24) is 19.7 Å². The quantitative estimate of drug-likeness (QED) is 0.425. The molecule has 4 rings (SSSR count). The van der Waals surface area contributed by atoms with Crippen molar-refractivity contribution in [2.45, 2.75) is 0 Å². The number of nitrogens with one attached hydrogen (secondary N) is 1. The standard InChI is InChI=1S/C21H15Cl2N5O4/c1-31-20(29)11-5-12(21(30)32-2)7-13(6-11)27-18-15-9-26-28(19(15)25-10-24-18)14-3-4-16(22)17(23)8-14/h3-10H,1-2H3,(H,24,25,27). The van der Waals surface area contributed by atoms with Crippen LogP contribution >= 0.6 is 23.2 Å². The van der Waals surface area contributed by atoms with E-state index in [1.54, 1.807) is 29.1 Å². The van der Waals surface area contributed by atoms with Gasteiger partial charge in [-0.05, 0) is 36.4 Å². The monoisotopic (exact) mass is 471 g/mol. The molecule has 0 unspecified atom stereocenters. The van der Waals surface area contributed by atoms with Crippen molar-refractivity contribution >= 4 is 57.7 Å². The molecule has 0 atom stereocenters. The summed E-state index contributed by atoms with van der Waals surface area (Å²) in [5.41, 5.74) is 1.96. The average Bonchev–Trinajstić information content (AvgIpc) is 3.24. The Bertz CT molecular complexity index is 1320. The topological polar surface area (TPSA) is 108 Å². The SMILES string of the molecule is COC(=O)c1cc(Nc2ncnc3c2cnn3-c2ccc(Cl)c(Cl)c2)cc(C(=O)OC)c1. The Morgan fingerprint density at radius 1 is 0.938 bits per heavy atom. The highest BCUT2D eigenvalue weighted by Gasteiger charge is 2.16. The highest BCUT2D eigenvalue weighted by atomic mass is 35.5. The number of aromatic nitrogens is 4. The number of anilines is 2. The summed E-state index contributed by atoms with van der Waals surface area (Å²) < 4.78 is 11.1. The van der Waals surface area contributed by atoms with E-state index in [1.165, 1.54) is 38.7 Å². The predicted molar refractivity (Wildman–Crippen MR) is 119 cm³/mol. The van der Waals surface area contributed by atoms with Crippen LogP contribution in [0.5, 0.6) is 0 Å². The third-order valence-corrected chi connectivity index (χ3v) is 5.29. The van der Waals surface area contributed by atoms with Gasteiger partial charge in [-0.3, -0.25) is 0 Å². The Morgan fingerprint density at radius 3 is 2.25 bits per heavy atom. The van der Waals surface area contributed by atoms with Gasteiger partial charge in [-0.15, -0.1) is 0 Å². The van der Waals surface area contributed by atoms with Gasteiger partial charge in [0, 0.05) is 5.69 Å². The zero-order valence-electron chi connectivity index (χ0n) is 16.8. The lowest BCUT2D eigenvalue weighted by molar-refractivity contribution is 0.0599. The maximum absolute atomic E-state index is 12.0. The maximum atomic E-state index is 12.0. The molecule has 11 heteroatoms. The molecule has 0 fully saturated rings. The molecule has 0 amide bonds. The second kappa shape index (κ2) is 8.81. The molecule has 0 spiro atoms. The van der Waals surface area contributed by atoms with Crippen LogP contribution in [0, 0.1) is 0 Å². The summed E-state index contributed by atoms with van der Waals surface area (Å²) in [4.78, 5) is 32.7. The van der Waals surface area contributed by atoms with Gasteiger partial charge >= 0.3 is 11.9 Å². The number of methoxy groups -OCH3 is 2. The van der Waals surface area contributed by atoms with Crippen LogP contribution in [0.3, 0.4) is 0 Å². The summed E-state index contributed by atoms with van der Waals surface area (Å²) in [7, 11) is 2.51. The summed E-state index contributed by atoms with van der Waals surface area (Å²) in [6, 6.07) is 9.57. The number of hydrogen-bond donors (Lipinski definition) is 1. The number of esters is 2. The fourth-order valence-electron chi connectivity index (χ4n) is 3.06. The second-order valence-electron chi connectivity index (χ2n) is 6.52. The van der Waals surface area contributed by atoms with Crippen LogP contribution in [-0.2, 0) is 9.47 Å². The van der Waals surface area contributed by atoms with Gasteiger partial charge in [-0.2, -0.15) is 5.10 Å². The van der Waals surface area contributed by atoms with Gasteiger partial charge in [0.25, 0.3) is 0 Å². The maximum Gasteiger partial charge on any atom is 0.337 e. The van der Waals surface area contributed by atoms with Gasteiger partial charge in [0.1, 0.15) is 12.1 Å². The summed E-state index contributed by atoms with van der Waals surface area (Å²) in [6.07, 6.45) is 2.96. The highest BCUT2D eigenvalue weighted by molar-refractivity contribution is 6.42. The van der Waals surface area contributed by atoms with Crippen molar-refractivity contribution in [2.75, 3.05) is 19.5 Å². The Morgan fingerprint density at radius 2 is 1.62 bits per heavy atom. The Kier molecular flexibility index (Phi) is 5.93. The van der Waals surface area contributed by atoms with Gasteiger partial charge in [0.05, 0.1) is 52.7 Å². The van der Waals surface area contributed by atoms with Crippen LogP contribution in [0.2, 0.25) is 10.0 Å². The number of fused-ring (bicyclic) bond motifs is 1. The number of halogens is 2. The van der Waals surface area contributed by atoms with Crippen molar-refractivity contribution in [2.24, 2.45) is 0 Å². The van der Waals surface area contributed by atoms with E-state index in [0.29, 0.717) is 38.3 Å².